The number of hydrogen-bond acceptors (Lipinski definition) is 12. The van der Waals surface area contributed by atoms with Gasteiger partial charge in [-0.2, -0.15) is 0 Å². The second-order valence-corrected chi connectivity index (χ2v) is 18.3. The molecule has 6 rings (SSSR count). The van der Waals surface area contributed by atoms with Gasteiger partial charge in [0.15, 0.2) is 0 Å². The van der Waals surface area contributed by atoms with Crippen LogP contribution in [0.2, 0.25) is 0 Å². The molecule has 5 saturated carbocycles. The van der Waals surface area contributed by atoms with Crippen LogP contribution in [-0.4, -0.2) is 120 Å². The average Bonchev–Trinajstić information content (AvgIpc) is 3.69. The smallest absolute Gasteiger partial charge is 0.317 e. The molecule has 6 fully saturated rings. The largest absolute Gasteiger partial charge is 0.432 e. The first-order chi connectivity index (χ1) is 22.8. The van der Waals surface area contributed by atoms with Crippen LogP contribution in [-0.2, 0) is 14.3 Å². The van der Waals surface area contributed by atoms with Gasteiger partial charge >= 0.3 is 5.97 Å². The number of ether oxygens (including phenoxy) is 2. The number of aliphatic hydroxyl groups excluding tert-OH is 8. The Morgan fingerprint density at radius 3 is 2.16 bits per heavy atom. The molecule has 1 saturated heterocycles. The topological polar surface area (TPSA) is 218 Å². The molecule has 1 heterocycles. The lowest BCUT2D eigenvalue weighted by molar-refractivity contribution is -0.300. The Morgan fingerprint density at radius 2 is 1.55 bits per heavy atom. The van der Waals surface area contributed by atoms with Crippen LogP contribution in [0.3, 0.4) is 0 Å². The fourth-order valence-corrected chi connectivity index (χ4v) is 13.1. The van der Waals surface area contributed by atoms with Crippen molar-refractivity contribution >= 4 is 5.97 Å². The van der Waals surface area contributed by atoms with Crippen LogP contribution in [0.1, 0.15) is 99.3 Å². The van der Waals surface area contributed by atoms with Gasteiger partial charge < -0.3 is 55.4 Å². The van der Waals surface area contributed by atoms with Gasteiger partial charge in [-0.05, 0) is 104 Å². The number of hydrogen-bond donors (Lipinski definition) is 9. The van der Waals surface area contributed by atoms with E-state index in [0.717, 1.165) is 19.3 Å². The van der Waals surface area contributed by atoms with Gasteiger partial charge in [-0.3, -0.25) is 4.79 Å². The first kappa shape index (κ1) is 37.8. The van der Waals surface area contributed by atoms with E-state index in [1.165, 1.54) is 0 Å². The quantitative estimate of drug-likeness (QED) is 0.153. The van der Waals surface area contributed by atoms with Crippen molar-refractivity contribution in [3.05, 3.63) is 0 Å². The summed E-state index contributed by atoms with van der Waals surface area (Å²) < 4.78 is 11.2. The van der Waals surface area contributed by atoms with Gasteiger partial charge in [0.25, 0.3) is 0 Å². The maximum absolute atomic E-state index is 14.1. The standard InChI is InChI=1S/C37H62O12/c1-18(2)36(47,17-39)10-9-19(3)26-20(40)14-33(5)22-7-8-23-34(6,31(46)49-30-29(45)28(44)27(43)21(15-38)48-30)24(41)13-25(42)37(23)16-35(22,37)12-11-32(26,33)4/h18-30,38-45,47H,7-17H2,1-6H3/t19-,20+,21-,22+,23+,24+,25+,26+,27-,28+,29-,30+,32-,33+,34+,35+,36?,37-/m1/s1. The number of carbonyl (C=O) groups is 1. The lowest BCUT2D eigenvalue weighted by Crippen LogP contribution is -2.65. The van der Waals surface area contributed by atoms with Crippen LogP contribution < -0.4 is 0 Å². The summed E-state index contributed by atoms with van der Waals surface area (Å²) in [5.74, 6) is -1.09. The molecule has 0 amide bonds. The van der Waals surface area contributed by atoms with Crippen LogP contribution in [0, 0.1) is 56.7 Å². The van der Waals surface area contributed by atoms with E-state index in [-0.39, 0.29) is 52.9 Å². The molecule has 0 aromatic heterocycles. The Hall–Kier alpha value is -0.930. The summed E-state index contributed by atoms with van der Waals surface area (Å²) in [6.07, 6.45) is -5.28. The van der Waals surface area contributed by atoms with Crippen molar-refractivity contribution in [3.8, 4) is 0 Å². The van der Waals surface area contributed by atoms with E-state index in [1.54, 1.807) is 6.92 Å². The predicted octanol–water partition coefficient (Wildman–Crippen LogP) is 0.847. The van der Waals surface area contributed by atoms with Crippen molar-refractivity contribution in [3.63, 3.8) is 0 Å². The summed E-state index contributed by atoms with van der Waals surface area (Å²) >= 11 is 0. The van der Waals surface area contributed by atoms with Crippen LogP contribution in [0.25, 0.3) is 0 Å². The molecule has 1 unspecified atom stereocenters. The predicted molar refractivity (Wildman–Crippen MR) is 175 cm³/mol. The fraction of sp³-hybridized carbons (Fsp3) is 0.973. The molecule has 49 heavy (non-hydrogen) atoms. The molecule has 0 aromatic rings. The van der Waals surface area contributed by atoms with Crippen molar-refractivity contribution in [2.75, 3.05) is 13.2 Å². The zero-order valence-electron chi connectivity index (χ0n) is 30.0. The highest BCUT2D eigenvalue weighted by Crippen LogP contribution is 2.89. The highest BCUT2D eigenvalue weighted by molar-refractivity contribution is 5.78. The summed E-state index contributed by atoms with van der Waals surface area (Å²) in [5.41, 5.74) is -4.03. The van der Waals surface area contributed by atoms with Crippen LogP contribution in [0.15, 0.2) is 0 Å². The van der Waals surface area contributed by atoms with Crippen molar-refractivity contribution in [2.24, 2.45) is 56.7 Å². The lowest BCUT2D eigenvalue weighted by Gasteiger charge is -2.63. The lowest BCUT2D eigenvalue weighted by atomic mass is 9.41. The third-order valence-corrected chi connectivity index (χ3v) is 16.4. The van der Waals surface area contributed by atoms with Crippen molar-refractivity contribution in [1.29, 1.82) is 0 Å². The molecule has 6 aliphatic rings. The van der Waals surface area contributed by atoms with Gasteiger partial charge in [0.2, 0.25) is 6.29 Å². The third kappa shape index (κ3) is 4.94. The zero-order valence-corrected chi connectivity index (χ0v) is 30.0. The first-order valence-electron chi connectivity index (χ1n) is 18.6. The van der Waals surface area contributed by atoms with Gasteiger partial charge in [-0.25, -0.2) is 0 Å². The number of fused-ring (bicyclic) bond motifs is 2. The molecule has 5 aliphatic carbocycles. The summed E-state index contributed by atoms with van der Waals surface area (Å²) in [7, 11) is 0. The Balaban J connectivity index is 1.26. The van der Waals surface area contributed by atoms with E-state index in [4.69, 9.17) is 9.47 Å². The van der Waals surface area contributed by atoms with Crippen molar-refractivity contribution in [2.45, 2.75) is 154 Å². The molecule has 12 nitrogen and oxygen atoms in total. The van der Waals surface area contributed by atoms with Gasteiger partial charge in [0.1, 0.15) is 24.4 Å². The second-order valence-electron chi connectivity index (χ2n) is 18.3. The van der Waals surface area contributed by atoms with E-state index in [1.807, 2.05) is 13.8 Å². The van der Waals surface area contributed by atoms with Gasteiger partial charge in [-0.15, -0.1) is 0 Å². The summed E-state index contributed by atoms with van der Waals surface area (Å²) in [4.78, 5) is 14.1. The van der Waals surface area contributed by atoms with E-state index in [0.29, 0.717) is 32.1 Å². The molecule has 0 radical (unpaired) electrons. The third-order valence-electron chi connectivity index (χ3n) is 16.4. The minimum absolute atomic E-state index is 0.00531. The summed E-state index contributed by atoms with van der Waals surface area (Å²) in [6, 6.07) is 0. The van der Waals surface area contributed by atoms with E-state index in [9.17, 15) is 50.8 Å². The second kappa shape index (κ2) is 12.3. The van der Waals surface area contributed by atoms with E-state index >= 15 is 0 Å². The van der Waals surface area contributed by atoms with Crippen molar-refractivity contribution in [1.82, 2.24) is 0 Å². The van der Waals surface area contributed by atoms with E-state index in [2.05, 4.69) is 20.8 Å². The highest BCUT2D eigenvalue weighted by atomic mass is 16.7. The molecular formula is C37H62O12. The van der Waals surface area contributed by atoms with Crippen molar-refractivity contribution < 1.29 is 60.2 Å². The zero-order chi connectivity index (χ0) is 36.3. The molecule has 2 spiro atoms. The SMILES string of the molecule is CC(C)C(O)(CO)CC[C@@H](C)[C@H]1[C@@H](O)C[C@@]2(C)[C@@H]3CC[C@H]4[C@](C)(C(=O)O[C@@H]5O[C@H](CO)[C@@H](O)[C@H](O)[C@H]5O)[C@@H](O)C[C@H](O)[C@@]45C[C@@]35CC[C@]12C. The number of aliphatic hydroxyl groups is 9. The molecule has 18 atom stereocenters. The molecular weight excluding hydrogens is 636 g/mol. The Labute approximate surface area is 289 Å². The molecule has 282 valence electrons. The monoisotopic (exact) mass is 698 g/mol. The Kier molecular flexibility index (Phi) is 9.50. The average molecular weight is 699 g/mol. The number of esters is 1. The molecule has 0 bridgehead atoms. The fourth-order valence-electron chi connectivity index (χ4n) is 13.1. The summed E-state index contributed by atoms with van der Waals surface area (Å²) in [6.45, 7) is 11.3. The van der Waals surface area contributed by atoms with Gasteiger partial charge in [-0.1, -0.05) is 34.6 Å². The number of carbonyl (C=O) groups excluding carboxylic acids is 1. The molecule has 1 aliphatic heterocycles. The summed E-state index contributed by atoms with van der Waals surface area (Å²) in [5, 5.41) is 96.9. The maximum atomic E-state index is 14.1. The minimum atomic E-state index is -1.77. The van der Waals surface area contributed by atoms with Crippen LogP contribution in [0.5, 0.6) is 0 Å². The Bertz CT molecular complexity index is 1260. The van der Waals surface area contributed by atoms with Gasteiger partial charge in [0, 0.05) is 11.8 Å². The highest BCUT2D eigenvalue weighted by Gasteiger charge is 2.86. The molecule has 12 heteroatoms. The first-order valence-corrected chi connectivity index (χ1v) is 18.6. The van der Waals surface area contributed by atoms with Crippen LogP contribution in [0.4, 0.5) is 0 Å². The number of rotatable bonds is 9. The van der Waals surface area contributed by atoms with E-state index < -0.39 is 83.9 Å². The molecule has 0 aromatic carbocycles. The maximum Gasteiger partial charge on any atom is 0.317 e. The minimum Gasteiger partial charge on any atom is -0.432 e. The molecule has 9 N–H and O–H groups in total. The Morgan fingerprint density at radius 1 is 0.898 bits per heavy atom. The van der Waals surface area contributed by atoms with Crippen LogP contribution >= 0.6 is 0 Å². The van der Waals surface area contributed by atoms with Gasteiger partial charge in [0.05, 0.1) is 42.5 Å². The normalized spacial score (nSPS) is 53.8.